The Hall–Kier alpha value is -2.97. The highest BCUT2D eigenvalue weighted by Crippen LogP contribution is 2.34. The fourth-order valence-corrected chi connectivity index (χ4v) is 3.59. The molecule has 0 unspecified atom stereocenters. The Bertz CT molecular complexity index is 1040. The van der Waals surface area contributed by atoms with E-state index in [0.29, 0.717) is 42.3 Å². The first-order valence-electron chi connectivity index (χ1n) is 9.97. The van der Waals surface area contributed by atoms with Crippen LogP contribution in [0.5, 0.6) is 11.5 Å². The molecule has 1 aliphatic rings. The van der Waals surface area contributed by atoms with Gasteiger partial charge in [-0.05, 0) is 57.0 Å². The van der Waals surface area contributed by atoms with Crippen molar-refractivity contribution in [2.24, 2.45) is 0 Å². The number of hydroxylamine groups is 2. The second kappa shape index (κ2) is 8.81. The summed E-state index contributed by atoms with van der Waals surface area (Å²) in [6, 6.07) is 9.47. The number of carbonyl (C=O) groups is 1. The largest absolute Gasteiger partial charge is 0.490 e. The molecule has 1 aliphatic heterocycles. The van der Waals surface area contributed by atoms with Gasteiger partial charge in [0.25, 0.3) is 0 Å². The summed E-state index contributed by atoms with van der Waals surface area (Å²) in [4.78, 5) is 22.6. The first kappa shape index (κ1) is 20.3. The number of piperidine rings is 1. The quantitative estimate of drug-likeness (QED) is 0.316. The van der Waals surface area contributed by atoms with Gasteiger partial charge in [-0.3, -0.25) is 4.79 Å². The smallest absolute Gasteiger partial charge is 0.209 e. The van der Waals surface area contributed by atoms with Crippen molar-refractivity contribution in [1.29, 1.82) is 0 Å². The monoisotopic (exact) mass is 414 g/mol. The van der Waals surface area contributed by atoms with Crippen molar-refractivity contribution in [3.63, 3.8) is 0 Å². The molecule has 7 nitrogen and oxygen atoms in total. The van der Waals surface area contributed by atoms with Crippen LogP contribution in [0, 0.1) is 5.82 Å². The van der Waals surface area contributed by atoms with E-state index < -0.39 is 0 Å². The predicted octanol–water partition coefficient (Wildman–Crippen LogP) is 4.67. The summed E-state index contributed by atoms with van der Waals surface area (Å²) in [5, 5.41) is 6.73. The molecule has 0 radical (unpaired) electrons. The van der Waals surface area contributed by atoms with E-state index in [9.17, 15) is 9.18 Å². The average Bonchev–Trinajstić information content (AvgIpc) is 3.16. The van der Waals surface area contributed by atoms with Crippen LogP contribution >= 0.6 is 0 Å². The lowest BCUT2D eigenvalue weighted by Crippen LogP contribution is -2.34. The van der Waals surface area contributed by atoms with Crippen LogP contribution in [0.3, 0.4) is 0 Å². The zero-order valence-corrected chi connectivity index (χ0v) is 16.9. The van der Waals surface area contributed by atoms with E-state index in [0.717, 1.165) is 23.9 Å². The molecule has 0 aliphatic carbocycles. The molecule has 2 heterocycles. The standard InChI is InChI=1S/C22H23FN2O5/c1-3-27-21-12-16(14(2)26)4-7-19(21)29-30-25-10-8-15(9-11-25)22-18-6-5-17(23)13-20(18)28-24-22/h4-7,12-13,15H,3,8-11H2,1-2H3. The number of ketones is 1. The molecular weight excluding hydrogens is 391 g/mol. The van der Waals surface area contributed by atoms with Crippen LogP contribution in [0.2, 0.25) is 0 Å². The molecule has 30 heavy (non-hydrogen) atoms. The van der Waals surface area contributed by atoms with Crippen molar-refractivity contribution in [3.05, 3.63) is 53.5 Å². The lowest BCUT2D eigenvalue weighted by molar-refractivity contribution is -0.372. The Kier molecular flexibility index (Phi) is 5.96. The van der Waals surface area contributed by atoms with E-state index in [1.165, 1.54) is 19.1 Å². The Morgan fingerprint density at radius 2 is 2.00 bits per heavy atom. The third-order valence-electron chi connectivity index (χ3n) is 5.19. The maximum absolute atomic E-state index is 13.4. The van der Waals surface area contributed by atoms with E-state index in [4.69, 9.17) is 19.1 Å². The van der Waals surface area contributed by atoms with Gasteiger partial charge in [-0.15, -0.1) is 5.06 Å². The molecule has 0 bridgehead atoms. The molecule has 0 amide bonds. The zero-order valence-electron chi connectivity index (χ0n) is 16.9. The topological polar surface area (TPSA) is 74.0 Å². The van der Waals surface area contributed by atoms with Crippen molar-refractivity contribution in [2.75, 3.05) is 19.7 Å². The maximum Gasteiger partial charge on any atom is 0.209 e. The number of hydrogen-bond acceptors (Lipinski definition) is 7. The van der Waals surface area contributed by atoms with E-state index in [-0.39, 0.29) is 17.5 Å². The highest BCUT2D eigenvalue weighted by Gasteiger charge is 2.26. The molecule has 1 fully saturated rings. The molecule has 1 aromatic heterocycles. The van der Waals surface area contributed by atoms with Gasteiger partial charge >= 0.3 is 0 Å². The molecule has 158 valence electrons. The van der Waals surface area contributed by atoms with Crippen LogP contribution in [0.25, 0.3) is 11.0 Å². The summed E-state index contributed by atoms with van der Waals surface area (Å²) < 4.78 is 24.2. The number of Topliss-reactive ketones (excluding diaryl/α,β-unsaturated/α-hetero) is 1. The third-order valence-corrected chi connectivity index (χ3v) is 5.19. The number of ether oxygens (including phenoxy) is 1. The lowest BCUT2D eigenvalue weighted by Gasteiger charge is -2.28. The van der Waals surface area contributed by atoms with Crippen LogP contribution in [0.4, 0.5) is 4.39 Å². The van der Waals surface area contributed by atoms with Crippen molar-refractivity contribution in [1.82, 2.24) is 10.2 Å². The number of nitrogens with zero attached hydrogens (tertiary/aromatic N) is 2. The first-order valence-corrected chi connectivity index (χ1v) is 9.97. The Morgan fingerprint density at radius 1 is 1.20 bits per heavy atom. The van der Waals surface area contributed by atoms with Crippen LogP contribution in [-0.2, 0) is 4.99 Å². The number of aromatic nitrogens is 1. The molecule has 0 spiro atoms. The van der Waals surface area contributed by atoms with Gasteiger partial charge in [0.1, 0.15) is 5.82 Å². The normalized spacial score (nSPS) is 15.4. The molecule has 0 saturated carbocycles. The van der Waals surface area contributed by atoms with Gasteiger partial charge in [0.05, 0.1) is 12.3 Å². The van der Waals surface area contributed by atoms with E-state index in [2.05, 4.69) is 5.16 Å². The number of benzene rings is 2. The Labute approximate surface area is 173 Å². The van der Waals surface area contributed by atoms with Gasteiger partial charge in [0, 0.05) is 36.0 Å². The molecule has 8 heteroatoms. The summed E-state index contributed by atoms with van der Waals surface area (Å²) in [7, 11) is 0. The van der Waals surface area contributed by atoms with Crippen LogP contribution in [-0.4, -0.2) is 35.7 Å². The van der Waals surface area contributed by atoms with Crippen LogP contribution < -0.4 is 9.62 Å². The van der Waals surface area contributed by atoms with Gasteiger partial charge < -0.3 is 14.1 Å². The van der Waals surface area contributed by atoms with Gasteiger partial charge in [0.15, 0.2) is 17.1 Å². The van der Waals surface area contributed by atoms with Gasteiger partial charge in [0.2, 0.25) is 5.75 Å². The molecule has 3 aromatic rings. The number of halogens is 1. The highest BCUT2D eigenvalue weighted by molar-refractivity contribution is 5.94. The van der Waals surface area contributed by atoms with E-state index in [1.54, 1.807) is 29.3 Å². The summed E-state index contributed by atoms with van der Waals surface area (Å²) in [6.45, 7) is 5.07. The van der Waals surface area contributed by atoms with Crippen molar-refractivity contribution >= 4 is 16.8 Å². The molecule has 1 saturated heterocycles. The van der Waals surface area contributed by atoms with Crippen LogP contribution in [0.1, 0.15) is 48.7 Å². The second-order valence-corrected chi connectivity index (χ2v) is 7.22. The maximum atomic E-state index is 13.4. The zero-order chi connectivity index (χ0) is 21.1. The minimum atomic E-state index is -0.340. The van der Waals surface area contributed by atoms with Crippen molar-refractivity contribution in [2.45, 2.75) is 32.6 Å². The van der Waals surface area contributed by atoms with Gasteiger partial charge in [-0.1, -0.05) is 10.1 Å². The number of rotatable bonds is 7. The Balaban J connectivity index is 1.36. The first-order chi connectivity index (χ1) is 14.5. The highest BCUT2D eigenvalue weighted by atomic mass is 19.1. The Morgan fingerprint density at radius 3 is 2.73 bits per heavy atom. The molecular formula is C22H23FN2O5. The SMILES string of the molecule is CCOc1cc(C(C)=O)ccc1OON1CCC(c2noc3cc(F)ccc23)CC1. The third kappa shape index (κ3) is 4.29. The lowest BCUT2D eigenvalue weighted by atomic mass is 9.92. The minimum Gasteiger partial charge on any atom is -0.490 e. The summed E-state index contributed by atoms with van der Waals surface area (Å²) in [6.07, 6.45) is 1.59. The summed E-state index contributed by atoms with van der Waals surface area (Å²) in [5.41, 5.74) is 1.86. The molecule has 0 atom stereocenters. The van der Waals surface area contributed by atoms with Gasteiger partial charge in [-0.25, -0.2) is 4.39 Å². The molecule has 0 N–H and O–H groups in total. The second-order valence-electron chi connectivity index (χ2n) is 7.22. The summed E-state index contributed by atoms with van der Waals surface area (Å²) >= 11 is 0. The minimum absolute atomic E-state index is 0.0476. The molecule has 2 aromatic carbocycles. The van der Waals surface area contributed by atoms with Crippen LogP contribution in [0.15, 0.2) is 40.9 Å². The fraction of sp³-hybridized carbons (Fsp3) is 0.364. The van der Waals surface area contributed by atoms with E-state index >= 15 is 0 Å². The predicted molar refractivity (Wildman–Crippen MR) is 107 cm³/mol. The number of carbonyl (C=O) groups excluding carboxylic acids is 1. The van der Waals surface area contributed by atoms with Crippen molar-refractivity contribution < 1.29 is 28.3 Å². The van der Waals surface area contributed by atoms with Crippen molar-refractivity contribution in [3.8, 4) is 11.5 Å². The molecule has 4 rings (SSSR count). The number of hydrogen-bond donors (Lipinski definition) is 0. The van der Waals surface area contributed by atoms with E-state index in [1.807, 2.05) is 6.92 Å². The van der Waals surface area contributed by atoms with Gasteiger partial charge in [-0.2, -0.15) is 0 Å². The average molecular weight is 414 g/mol. The fourth-order valence-electron chi connectivity index (χ4n) is 3.59. The number of fused-ring (bicyclic) bond motifs is 1. The summed E-state index contributed by atoms with van der Waals surface area (Å²) in [5.74, 6) is 0.683.